The predicted octanol–water partition coefficient (Wildman–Crippen LogP) is 1.40. The van der Waals surface area contributed by atoms with E-state index in [2.05, 4.69) is 9.78 Å². The van der Waals surface area contributed by atoms with Crippen molar-refractivity contribution >= 4 is 11.9 Å². The van der Waals surface area contributed by atoms with Crippen molar-refractivity contribution in [3.8, 4) is 0 Å². The number of hydrogen-bond acceptors (Lipinski definition) is 4. The Balaban J connectivity index is 2.56. The molecule has 16 heavy (non-hydrogen) atoms. The van der Waals surface area contributed by atoms with Crippen molar-refractivity contribution in [3.05, 3.63) is 0 Å². The van der Waals surface area contributed by atoms with Gasteiger partial charge in [0.15, 0.2) is 0 Å². The first-order chi connectivity index (χ1) is 7.53. The molecular weight excluding hydrogens is 216 g/mol. The molecule has 2 N–H and O–H groups in total. The van der Waals surface area contributed by atoms with Crippen molar-refractivity contribution in [3.63, 3.8) is 0 Å². The van der Waals surface area contributed by atoms with E-state index in [-0.39, 0.29) is 12.8 Å². The van der Waals surface area contributed by atoms with E-state index >= 15 is 0 Å². The van der Waals surface area contributed by atoms with Crippen LogP contribution >= 0.6 is 0 Å². The summed E-state index contributed by atoms with van der Waals surface area (Å²) in [5.41, 5.74) is 0. The summed E-state index contributed by atoms with van der Waals surface area (Å²) in [5, 5.41) is 17.5. The Morgan fingerprint density at radius 2 is 1.88 bits per heavy atom. The van der Waals surface area contributed by atoms with Gasteiger partial charge in [-0.2, -0.15) is 9.78 Å². The van der Waals surface area contributed by atoms with Crippen LogP contribution in [-0.2, 0) is 19.4 Å². The molecule has 0 amide bonds. The highest BCUT2D eigenvalue weighted by Gasteiger charge is 2.62. The summed E-state index contributed by atoms with van der Waals surface area (Å²) in [7, 11) is 0. The third-order valence-corrected chi connectivity index (χ3v) is 2.71. The maximum Gasteiger partial charge on any atom is 0.370 e. The average molecular weight is 232 g/mol. The Morgan fingerprint density at radius 3 is 2.25 bits per heavy atom. The lowest BCUT2D eigenvalue weighted by molar-refractivity contribution is -0.148. The highest BCUT2D eigenvalue weighted by Crippen LogP contribution is 2.42. The molecule has 6 heteroatoms. The Kier molecular flexibility index (Phi) is 4.26. The molecule has 6 nitrogen and oxygen atoms in total. The van der Waals surface area contributed by atoms with Gasteiger partial charge in [0.25, 0.3) is 0 Å². The molecule has 0 bridgehead atoms. The molecule has 0 aromatic carbocycles. The zero-order valence-electron chi connectivity index (χ0n) is 9.14. The molecule has 1 heterocycles. The second kappa shape index (κ2) is 5.27. The van der Waals surface area contributed by atoms with Gasteiger partial charge < -0.3 is 10.2 Å². The van der Waals surface area contributed by atoms with Crippen molar-refractivity contribution in [2.75, 3.05) is 0 Å². The fraction of sp³-hybridized carbons (Fsp3) is 0.800. The van der Waals surface area contributed by atoms with Crippen molar-refractivity contribution in [1.29, 1.82) is 0 Å². The molecule has 92 valence electrons. The summed E-state index contributed by atoms with van der Waals surface area (Å²) >= 11 is 0. The van der Waals surface area contributed by atoms with Gasteiger partial charge in [0.05, 0.1) is 0 Å². The normalized spacial score (nSPS) is 19.1. The van der Waals surface area contributed by atoms with Gasteiger partial charge in [-0.1, -0.05) is 19.8 Å². The SMILES string of the molecule is CCCCC(CCC(=O)O)C1(C(=O)O)OO1. The van der Waals surface area contributed by atoms with Gasteiger partial charge in [0.2, 0.25) is 0 Å². The first-order valence-electron chi connectivity index (χ1n) is 5.35. The highest BCUT2D eigenvalue weighted by molar-refractivity contribution is 5.77. The van der Waals surface area contributed by atoms with Crippen LogP contribution in [0.2, 0.25) is 0 Å². The molecule has 0 saturated carbocycles. The molecule has 1 aliphatic rings. The summed E-state index contributed by atoms with van der Waals surface area (Å²) in [6.07, 6.45) is 2.51. The molecule has 0 spiro atoms. The van der Waals surface area contributed by atoms with Gasteiger partial charge in [0, 0.05) is 12.3 Å². The van der Waals surface area contributed by atoms with Crippen LogP contribution in [0.15, 0.2) is 0 Å². The third kappa shape index (κ3) is 2.93. The minimum Gasteiger partial charge on any atom is -0.481 e. The summed E-state index contributed by atoms with van der Waals surface area (Å²) in [5.74, 6) is -4.12. The van der Waals surface area contributed by atoms with Crippen LogP contribution in [0.4, 0.5) is 0 Å². The Morgan fingerprint density at radius 1 is 1.25 bits per heavy atom. The summed E-state index contributed by atoms with van der Waals surface area (Å²) in [4.78, 5) is 30.5. The second-order valence-corrected chi connectivity index (χ2v) is 3.91. The van der Waals surface area contributed by atoms with Crippen LogP contribution in [0.5, 0.6) is 0 Å². The quantitative estimate of drug-likeness (QED) is 0.484. The molecule has 1 fully saturated rings. The van der Waals surface area contributed by atoms with Gasteiger partial charge in [-0.05, 0) is 12.8 Å². The monoisotopic (exact) mass is 232 g/mol. The lowest BCUT2D eigenvalue weighted by atomic mass is 9.89. The number of carboxylic acid groups (broad SMARTS) is 2. The average Bonchev–Trinajstić information content (AvgIpc) is 2.98. The Hall–Kier alpha value is -1.14. The van der Waals surface area contributed by atoms with Crippen LogP contribution in [0, 0.1) is 5.92 Å². The fourth-order valence-electron chi connectivity index (χ4n) is 1.70. The minimum atomic E-state index is -1.59. The predicted molar refractivity (Wildman–Crippen MR) is 52.4 cm³/mol. The van der Waals surface area contributed by atoms with Crippen LogP contribution in [-0.4, -0.2) is 27.9 Å². The molecule has 0 aliphatic carbocycles. The van der Waals surface area contributed by atoms with Gasteiger partial charge in [-0.25, -0.2) is 4.79 Å². The van der Waals surface area contributed by atoms with E-state index in [0.717, 1.165) is 12.8 Å². The van der Waals surface area contributed by atoms with Crippen molar-refractivity contribution in [2.45, 2.75) is 44.8 Å². The molecule has 1 unspecified atom stereocenters. The minimum absolute atomic E-state index is 0.0733. The Labute approximate surface area is 93.1 Å². The number of rotatable bonds is 8. The maximum atomic E-state index is 10.9. The van der Waals surface area contributed by atoms with Gasteiger partial charge in [-0.15, -0.1) is 0 Å². The molecule has 0 aromatic rings. The lowest BCUT2D eigenvalue weighted by Crippen LogP contribution is -2.33. The summed E-state index contributed by atoms with van der Waals surface area (Å²) < 4.78 is 0. The van der Waals surface area contributed by atoms with E-state index in [0.29, 0.717) is 6.42 Å². The van der Waals surface area contributed by atoms with E-state index in [1.165, 1.54) is 0 Å². The molecule has 0 radical (unpaired) electrons. The second-order valence-electron chi connectivity index (χ2n) is 3.91. The zero-order chi connectivity index (χ0) is 12.2. The number of carbonyl (C=O) groups is 2. The number of hydrogen-bond donors (Lipinski definition) is 2. The van der Waals surface area contributed by atoms with Crippen molar-refractivity contribution < 1.29 is 29.6 Å². The van der Waals surface area contributed by atoms with Crippen LogP contribution in [0.1, 0.15) is 39.0 Å². The Bertz CT molecular complexity index is 270. The zero-order valence-corrected chi connectivity index (χ0v) is 9.14. The fourth-order valence-corrected chi connectivity index (χ4v) is 1.70. The number of aliphatic carboxylic acids is 2. The van der Waals surface area contributed by atoms with Crippen molar-refractivity contribution in [1.82, 2.24) is 0 Å². The first kappa shape index (κ1) is 12.9. The highest BCUT2D eigenvalue weighted by atomic mass is 17.4. The van der Waals surface area contributed by atoms with Gasteiger partial charge in [-0.3, -0.25) is 4.79 Å². The van der Waals surface area contributed by atoms with Gasteiger partial charge in [0.1, 0.15) is 0 Å². The largest absolute Gasteiger partial charge is 0.481 e. The van der Waals surface area contributed by atoms with Crippen LogP contribution < -0.4 is 0 Å². The van der Waals surface area contributed by atoms with E-state index in [9.17, 15) is 9.59 Å². The third-order valence-electron chi connectivity index (χ3n) is 2.71. The molecule has 1 aliphatic heterocycles. The van der Waals surface area contributed by atoms with Crippen molar-refractivity contribution in [2.24, 2.45) is 5.92 Å². The molecular formula is C10H16O6. The molecule has 1 atom stereocenters. The van der Waals surface area contributed by atoms with E-state index in [4.69, 9.17) is 10.2 Å². The standard InChI is InChI=1S/C10H16O6/c1-2-3-4-7(5-6-8(11)12)10(9(13)14)15-16-10/h7H,2-6H2,1H3,(H,11,12)(H,13,14). The van der Waals surface area contributed by atoms with Gasteiger partial charge >= 0.3 is 17.7 Å². The van der Waals surface area contributed by atoms with E-state index < -0.39 is 23.6 Å². The molecule has 1 saturated heterocycles. The first-order valence-corrected chi connectivity index (χ1v) is 5.35. The number of carboxylic acids is 2. The number of unbranched alkanes of at least 4 members (excludes halogenated alkanes) is 1. The van der Waals surface area contributed by atoms with E-state index in [1.54, 1.807) is 0 Å². The van der Waals surface area contributed by atoms with Crippen LogP contribution in [0.3, 0.4) is 0 Å². The topological polar surface area (TPSA) is 99.7 Å². The van der Waals surface area contributed by atoms with Crippen LogP contribution in [0.25, 0.3) is 0 Å². The summed E-state index contributed by atoms with van der Waals surface area (Å²) in [6.45, 7) is 1.98. The summed E-state index contributed by atoms with van der Waals surface area (Å²) in [6, 6.07) is 0. The van der Waals surface area contributed by atoms with E-state index in [1.807, 2.05) is 6.92 Å². The molecule has 0 aromatic heterocycles. The smallest absolute Gasteiger partial charge is 0.370 e. The lowest BCUT2D eigenvalue weighted by Gasteiger charge is -2.16. The molecule has 1 rings (SSSR count). The maximum absolute atomic E-state index is 10.9.